The van der Waals surface area contributed by atoms with Crippen LogP contribution >= 0.6 is 0 Å². The first-order chi connectivity index (χ1) is 18.0. The summed E-state index contributed by atoms with van der Waals surface area (Å²) in [6.45, 7) is 6.02. The molecule has 37 heavy (non-hydrogen) atoms. The number of nitrogen functional groups attached to an aromatic ring is 1. The third-order valence-electron chi connectivity index (χ3n) is 7.05. The fourth-order valence-corrected chi connectivity index (χ4v) is 5.06. The number of piperidine rings is 1. The van der Waals surface area contributed by atoms with Crippen LogP contribution in [0.3, 0.4) is 0 Å². The number of aromatic nitrogens is 5. The number of pyridine rings is 1. The number of likely N-dealkylation sites (tertiary alicyclic amines) is 1. The van der Waals surface area contributed by atoms with E-state index in [1.807, 2.05) is 18.0 Å². The molecular formula is C26H38N8O3. The molecule has 1 amide bonds. The lowest BCUT2D eigenvalue weighted by molar-refractivity contribution is -0.131. The molecule has 0 aromatic carbocycles. The normalized spacial score (nSPS) is 15.2. The van der Waals surface area contributed by atoms with Gasteiger partial charge < -0.3 is 25.8 Å². The van der Waals surface area contributed by atoms with Crippen LogP contribution in [0.5, 0.6) is 5.75 Å². The van der Waals surface area contributed by atoms with Crippen molar-refractivity contribution in [3.63, 3.8) is 0 Å². The Morgan fingerprint density at radius 2 is 2.03 bits per heavy atom. The van der Waals surface area contributed by atoms with E-state index in [9.17, 15) is 9.90 Å². The van der Waals surface area contributed by atoms with Crippen molar-refractivity contribution in [1.29, 1.82) is 0 Å². The van der Waals surface area contributed by atoms with E-state index < -0.39 is 0 Å². The minimum atomic E-state index is 0.0573. The van der Waals surface area contributed by atoms with E-state index in [4.69, 9.17) is 15.5 Å². The van der Waals surface area contributed by atoms with E-state index in [0.29, 0.717) is 42.4 Å². The van der Waals surface area contributed by atoms with Gasteiger partial charge in [-0.05, 0) is 43.2 Å². The molecule has 3 aromatic heterocycles. The summed E-state index contributed by atoms with van der Waals surface area (Å²) in [6, 6.07) is 2.11. The first-order valence-corrected chi connectivity index (χ1v) is 13.1. The van der Waals surface area contributed by atoms with Crippen LogP contribution in [-0.4, -0.2) is 73.5 Å². The lowest BCUT2D eigenvalue weighted by Crippen LogP contribution is -2.37. The third-order valence-corrected chi connectivity index (χ3v) is 7.05. The molecule has 11 heteroatoms. The van der Waals surface area contributed by atoms with Crippen LogP contribution in [0.2, 0.25) is 0 Å². The molecule has 0 aliphatic carbocycles. The molecule has 4 rings (SSSR count). The molecule has 3 aromatic rings. The predicted octanol–water partition coefficient (Wildman–Crippen LogP) is 2.94. The molecule has 1 aliphatic heterocycles. The van der Waals surface area contributed by atoms with Gasteiger partial charge in [-0.3, -0.25) is 14.5 Å². The van der Waals surface area contributed by atoms with Crippen molar-refractivity contribution >= 4 is 28.7 Å². The quantitative estimate of drug-likeness (QED) is 0.354. The number of amides is 1. The Morgan fingerprint density at radius 3 is 2.70 bits per heavy atom. The van der Waals surface area contributed by atoms with Crippen LogP contribution in [0.15, 0.2) is 18.5 Å². The standard InChI is InChI=1S/C26H38N8O3/c1-4-6-19(9-12-35)30-25-24-20(31-26(27)32-25)15-29-34(24)16-21-22(37-3)13-18(14-28-21)17-7-10-33(11-8-17)23(36)5-2/h13-15,17,19,35H,4-12,16H2,1-3H3,(H3,27,30,31,32). The SMILES string of the molecule is CCCC(CCO)Nc1nc(N)nc2cnn(Cc3ncc(C4CCN(C(=O)CC)CC4)cc3OC)c12. The van der Waals surface area contributed by atoms with Crippen molar-refractivity contribution in [2.75, 3.05) is 37.9 Å². The van der Waals surface area contributed by atoms with Crippen LogP contribution in [0.1, 0.15) is 69.5 Å². The van der Waals surface area contributed by atoms with Gasteiger partial charge >= 0.3 is 0 Å². The Kier molecular flexibility index (Phi) is 8.75. The highest BCUT2D eigenvalue weighted by Gasteiger charge is 2.24. The molecule has 1 unspecified atom stereocenters. The number of hydrogen-bond acceptors (Lipinski definition) is 9. The fraction of sp³-hybridized carbons (Fsp3) is 0.577. The molecule has 0 radical (unpaired) electrons. The number of nitrogens with zero attached hydrogens (tertiary/aromatic N) is 6. The third kappa shape index (κ3) is 6.10. The summed E-state index contributed by atoms with van der Waals surface area (Å²) >= 11 is 0. The van der Waals surface area contributed by atoms with Crippen molar-refractivity contribution in [2.24, 2.45) is 0 Å². The number of rotatable bonds is 11. The summed E-state index contributed by atoms with van der Waals surface area (Å²) < 4.78 is 7.53. The van der Waals surface area contributed by atoms with Gasteiger partial charge in [0, 0.05) is 38.4 Å². The van der Waals surface area contributed by atoms with Crippen molar-refractivity contribution in [2.45, 2.75) is 70.9 Å². The van der Waals surface area contributed by atoms with Crippen molar-refractivity contribution in [3.8, 4) is 5.75 Å². The number of nitrogens with one attached hydrogen (secondary N) is 1. The van der Waals surface area contributed by atoms with Gasteiger partial charge in [0.15, 0.2) is 5.82 Å². The van der Waals surface area contributed by atoms with Crippen LogP contribution in [0, 0.1) is 0 Å². The molecule has 0 saturated carbocycles. The van der Waals surface area contributed by atoms with Gasteiger partial charge in [-0.25, -0.2) is 4.98 Å². The summed E-state index contributed by atoms with van der Waals surface area (Å²) in [7, 11) is 1.65. The molecular weight excluding hydrogens is 472 g/mol. The number of aliphatic hydroxyl groups excluding tert-OH is 1. The second-order valence-corrected chi connectivity index (χ2v) is 9.53. The van der Waals surface area contributed by atoms with Gasteiger partial charge in [0.1, 0.15) is 22.5 Å². The molecule has 4 heterocycles. The Labute approximate surface area is 217 Å². The summed E-state index contributed by atoms with van der Waals surface area (Å²) in [5, 5.41) is 17.5. The number of carbonyl (C=O) groups is 1. The summed E-state index contributed by atoms with van der Waals surface area (Å²) in [6.07, 6.45) is 8.44. The van der Waals surface area contributed by atoms with Crippen LogP contribution in [-0.2, 0) is 11.3 Å². The summed E-state index contributed by atoms with van der Waals surface area (Å²) in [5.74, 6) is 2.02. The average Bonchev–Trinajstić information content (AvgIpc) is 3.31. The van der Waals surface area contributed by atoms with Crippen molar-refractivity contribution in [3.05, 3.63) is 29.7 Å². The Morgan fingerprint density at radius 1 is 1.24 bits per heavy atom. The summed E-state index contributed by atoms with van der Waals surface area (Å²) in [5.41, 5.74) is 9.21. The minimum absolute atomic E-state index is 0.0573. The highest BCUT2D eigenvalue weighted by Crippen LogP contribution is 2.32. The van der Waals surface area contributed by atoms with E-state index in [2.05, 4.69) is 33.4 Å². The number of fused-ring (bicyclic) bond motifs is 1. The summed E-state index contributed by atoms with van der Waals surface area (Å²) in [4.78, 5) is 27.5. The number of hydrogen-bond donors (Lipinski definition) is 3. The molecule has 0 spiro atoms. The Hall–Kier alpha value is -3.47. The van der Waals surface area contributed by atoms with Crippen LogP contribution in [0.4, 0.5) is 11.8 Å². The maximum absolute atomic E-state index is 12.0. The van der Waals surface area contributed by atoms with E-state index >= 15 is 0 Å². The van der Waals surface area contributed by atoms with E-state index in [1.54, 1.807) is 18.0 Å². The maximum Gasteiger partial charge on any atom is 0.222 e. The van der Waals surface area contributed by atoms with Gasteiger partial charge in [0.05, 0.1) is 19.9 Å². The van der Waals surface area contributed by atoms with Gasteiger partial charge in [0.25, 0.3) is 0 Å². The zero-order valence-corrected chi connectivity index (χ0v) is 22.0. The van der Waals surface area contributed by atoms with E-state index in [-0.39, 0.29) is 24.5 Å². The highest BCUT2D eigenvalue weighted by molar-refractivity contribution is 5.86. The van der Waals surface area contributed by atoms with Gasteiger partial charge in [-0.15, -0.1) is 0 Å². The maximum atomic E-state index is 12.0. The molecule has 0 bridgehead atoms. The first kappa shape index (κ1) is 26.6. The van der Waals surface area contributed by atoms with Crippen molar-refractivity contribution < 1.29 is 14.6 Å². The molecule has 1 aliphatic rings. The molecule has 1 fully saturated rings. The lowest BCUT2D eigenvalue weighted by atomic mass is 9.90. The monoisotopic (exact) mass is 510 g/mol. The molecule has 200 valence electrons. The molecule has 1 saturated heterocycles. The fourth-order valence-electron chi connectivity index (χ4n) is 5.06. The number of nitrogens with two attached hydrogens (primary N) is 1. The zero-order valence-electron chi connectivity index (χ0n) is 22.0. The Bertz CT molecular complexity index is 1200. The van der Waals surface area contributed by atoms with Crippen LogP contribution < -0.4 is 15.8 Å². The van der Waals surface area contributed by atoms with E-state index in [1.165, 1.54) is 0 Å². The number of aliphatic hydroxyl groups is 1. The van der Waals surface area contributed by atoms with Gasteiger partial charge in [0.2, 0.25) is 11.9 Å². The number of methoxy groups -OCH3 is 1. The van der Waals surface area contributed by atoms with Gasteiger partial charge in [-0.2, -0.15) is 10.1 Å². The van der Waals surface area contributed by atoms with Gasteiger partial charge in [-0.1, -0.05) is 20.3 Å². The topological polar surface area (TPSA) is 144 Å². The second-order valence-electron chi connectivity index (χ2n) is 9.53. The Balaban J connectivity index is 1.57. The molecule has 1 atom stereocenters. The first-order valence-electron chi connectivity index (χ1n) is 13.1. The largest absolute Gasteiger partial charge is 0.495 e. The average molecular weight is 511 g/mol. The smallest absolute Gasteiger partial charge is 0.222 e. The minimum Gasteiger partial charge on any atom is -0.495 e. The number of anilines is 2. The van der Waals surface area contributed by atoms with Crippen LogP contribution in [0.25, 0.3) is 11.0 Å². The van der Waals surface area contributed by atoms with E-state index in [0.717, 1.165) is 55.5 Å². The number of carbonyl (C=O) groups excluding carboxylic acids is 1. The predicted molar refractivity (Wildman–Crippen MR) is 142 cm³/mol. The zero-order chi connectivity index (χ0) is 26.4. The lowest BCUT2D eigenvalue weighted by Gasteiger charge is -2.32. The molecule has 11 nitrogen and oxygen atoms in total. The second kappa shape index (κ2) is 12.2. The molecule has 4 N–H and O–H groups in total. The number of ether oxygens (including phenoxy) is 1. The van der Waals surface area contributed by atoms with Crippen molar-refractivity contribution in [1.82, 2.24) is 29.6 Å². The highest BCUT2D eigenvalue weighted by atomic mass is 16.5.